The average Bonchev–Trinajstić information content (AvgIpc) is 3.23. The molecule has 0 saturated carbocycles. The van der Waals surface area contributed by atoms with Crippen LogP contribution in [-0.4, -0.2) is 33.9 Å². The van der Waals surface area contributed by atoms with Crippen molar-refractivity contribution in [1.82, 2.24) is 9.47 Å². The molecule has 6 heteroatoms. The van der Waals surface area contributed by atoms with E-state index in [1.807, 2.05) is 26.2 Å². The molecule has 0 aliphatic carbocycles. The van der Waals surface area contributed by atoms with Crippen LogP contribution < -0.4 is 10.6 Å². The van der Waals surface area contributed by atoms with Crippen LogP contribution in [0.15, 0.2) is 42.6 Å². The number of benzene rings is 1. The van der Waals surface area contributed by atoms with E-state index in [1.54, 1.807) is 24.3 Å². The van der Waals surface area contributed by atoms with Crippen LogP contribution >= 0.6 is 0 Å². The van der Waals surface area contributed by atoms with Crippen molar-refractivity contribution in [3.8, 4) is 0 Å². The number of nitrogens with zero attached hydrogens (tertiary/aromatic N) is 2. The molecule has 0 unspecified atom stereocenters. The van der Waals surface area contributed by atoms with Crippen molar-refractivity contribution in [2.75, 3.05) is 17.2 Å². The van der Waals surface area contributed by atoms with Gasteiger partial charge < -0.3 is 15.2 Å². The smallest absolute Gasteiger partial charge is 0.241 e. The Labute approximate surface area is 154 Å². The molecule has 1 saturated heterocycles. The zero-order chi connectivity index (χ0) is 18.7. The number of likely N-dealkylation sites (tertiary alicyclic amines) is 1. The molecule has 2 amide bonds. The summed E-state index contributed by atoms with van der Waals surface area (Å²) in [6, 6.07) is 11.4. The Balaban J connectivity index is 1.65. The molecular formula is C20H26N4O2. The number of aromatic nitrogens is 1. The van der Waals surface area contributed by atoms with E-state index >= 15 is 0 Å². The summed E-state index contributed by atoms with van der Waals surface area (Å²) in [5, 5.41) is 5.70. The molecule has 2 atom stereocenters. The van der Waals surface area contributed by atoms with Crippen molar-refractivity contribution in [1.29, 1.82) is 0 Å². The molecule has 6 nitrogen and oxygen atoms in total. The van der Waals surface area contributed by atoms with Crippen LogP contribution in [0.5, 0.6) is 0 Å². The Hall–Kier alpha value is -2.60. The summed E-state index contributed by atoms with van der Waals surface area (Å²) in [7, 11) is 2.05. The van der Waals surface area contributed by atoms with Crippen LogP contribution in [0.2, 0.25) is 0 Å². The normalized spacial score (nSPS) is 18.5. The zero-order valence-electron chi connectivity index (χ0n) is 15.5. The number of nitrogens with one attached hydrogen (secondary N) is 2. The third-order valence-electron chi connectivity index (χ3n) is 4.97. The van der Waals surface area contributed by atoms with E-state index in [1.165, 1.54) is 12.6 Å². The van der Waals surface area contributed by atoms with E-state index in [0.717, 1.165) is 25.1 Å². The van der Waals surface area contributed by atoms with Crippen molar-refractivity contribution >= 4 is 23.2 Å². The summed E-state index contributed by atoms with van der Waals surface area (Å²) in [5.74, 6) is -0.130. The van der Waals surface area contributed by atoms with Gasteiger partial charge in [-0.25, -0.2) is 0 Å². The van der Waals surface area contributed by atoms with Gasteiger partial charge in [0.25, 0.3) is 0 Å². The van der Waals surface area contributed by atoms with Crippen LogP contribution in [0, 0.1) is 0 Å². The fourth-order valence-corrected chi connectivity index (χ4v) is 3.63. The maximum absolute atomic E-state index is 12.7. The molecule has 1 aromatic heterocycles. The fraction of sp³-hybridized carbons (Fsp3) is 0.400. The fourth-order valence-electron chi connectivity index (χ4n) is 3.63. The topological polar surface area (TPSA) is 66.4 Å². The lowest BCUT2D eigenvalue weighted by molar-refractivity contribution is -0.121. The van der Waals surface area contributed by atoms with Gasteiger partial charge in [-0.1, -0.05) is 0 Å². The van der Waals surface area contributed by atoms with E-state index in [9.17, 15) is 9.59 Å². The van der Waals surface area contributed by atoms with Gasteiger partial charge in [0.05, 0.1) is 12.1 Å². The quantitative estimate of drug-likeness (QED) is 0.867. The predicted molar refractivity (Wildman–Crippen MR) is 103 cm³/mol. The first-order valence-corrected chi connectivity index (χ1v) is 9.01. The van der Waals surface area contributed by atoms with Crippen molar-refractivity contribution in [2.45, 2.75) is 38.8 Å². The van der Waals surface area contributed by atoms with Crippen molar-refractivity contribution in [2.24, 2.45) is 7.05 Å². The van der Waals surface area contributed by atoms with Crippen LogP contribution in [0.4, 0.5) is 11.4 Å². The number of hydrogen-bond acceptors (Lipinski definition) is 3. The Kier molecular flexibility index (Phi) is 5.42. The first-order chi connectivity index (χ1) is 12.5. The number of hydrogen-bond donors (Lipinski definition) is 2. The number of rotatable bonds is 5. The van der Waals surface area contributed by atoms with Gasteiger partial charge in [0.1, 0.15) is 0 Å². The molecule has 138 valence electrons. The Morgan fingerprint density at radius 2 is 1.77 bits per heavy atom. The standard InChI is InChI=1S/C20H26N4O2/c1-14(24-13-5-7-19(24)18-6-4-12-23(18)3)20(26)22-17-10-8-16(9-11-17)21-15(2)25/h4,6,8-12,14,19H,5,7,13H2,1-3H3,(H,21,25)(H,22,26)/t14-,19+/m0/s1. The van der Waals surface area contributed by atoms with Gasteiger partial charge in [0.15, 0.2) is 0 Å². The Morgan fingerprint density at radius 3 is 2.35 bits per heavy atom. The summed E-state index contributed by atoms with van der Waals surface area (Å²) in [6.07, 6.45) is 4.22. The van der Waals surface area contributed by atoms with Gasteiger partial charge in [0, 0.05) is 37.2 Å². The van der Waals surface area contributed by atoms with Crippen LogP contribution in [0.3, 0.4) is 0 Å². The molecule has 1 aliphatic rings. The molecule has 2 aromatic rings. The highest BCUT2D eigenvalue weighted by Gasteiger charge is 2.34. The van der Waals surface area contributed by atoms with Crippen LogP contribution in [0.25, 0.3) is 0 Å². The van der Waals surface area contributed by atoms with Crippen molar-refractivity contribution in [3.05, 3.63) is 48.3 Å². The van der Waals surface area contributed by atoms with Gasteiger partial charge >= 0.3 is 0 Å². The molecule has 26 heavy (non-hydrogen) atoms. The molecule has 3 rings (SSSR count). The van der Waals surface area contributed by atoms with Crippen molar-refractivity contribution < 1.29 is 9.59 Å². The maximum atomic E-state index is 12.7. The molecule has 0 bridgehead atoms. The second-order valence-electron chi connectivity index (χ2n) is 6.86. The summed E-state index contributed by atoms with van der Waals surface area (Å²) >= 11 is 0. The average molecular weight is 354 g/mol. The van der Waals surface area contributed by atoms with Gasteiger partial charge in [-0.15, -0.1) is 0 Å². The SMILES string of the molecule is CC(=O)Nc1ccc(NC(=O)[C@H](C)N2CCC[C@@H]2c2cccn2C)cc1. The lowest BCUT2D eigenvalue weighted by Gasteiger charge is -2.30. The molecule has 1 aliphatic heterocycles. The molecule has 1 aromatic carbocycles. The first-order valence-electron chi connectivity index (χ1n) is 9.01. The van der Waals surface area contributed by atoms with E-state index < -0.39 is 0 Å². The molecule has 0 radical (unpaired) electrons. The summed E-state index contributed by atoms with van der Waals surface area (Å²) in [4.78, 5) is 26.1. The number of amides is 2. The van der Waals surface area contributed by atoms with Crippen molar-refractivity contribution in [3.63, 3.8) is 0 Å². The minimum absolute atomic E-state index is 0.0154. The van der Waals surface area contributed by atoms with E-state index in [2.05, 4.69) is 26.2 Å². The summed E-state index contributed by atoms with van der Waals surface area (Å²) < 4.78 is 2.13. The first kappa shape index (κ1) is 18.2. The maximum Gasteiger partial charge on any atom is 0.241 e. The Bertz CT molecular complexity index is 781. The van der Waals surface area contributed by atoms with Gasteiger partial charge in [-0.3, -0.25) is 14.5 Å². The monoisotopic (exact) mass is 354 g/mol. The minimum atomic E-state index is -0.215. The van der Waals surface area contributed by atoms with E-state index in [0.29, 0.717) is 5.69 Å². The largest absolute Gasteiger partial charge is 0.353 e. The van der Waals surface area contributed by atoms with Gasteiger partial charge in [-0.05, 0) is 62.7 Å². The molecule has 0 spiro atoms. The lowest BCUT2D eigenvalue weighted by Crippen LogP contribution is -2.42. The summed E-state index contributed by atoms with van der Waals surface area (Å²) in [6.45, 7) is 4.35. The second kappa shape index (κ2) is 7.74. The van der Waals surface area contributed by atoms with Crippen LogP contribution in [-0.2, 0) is 16.6 Å². The number of carbonyl (C=O) groups is 2. The van der Waals surface area contributed by atoms with E-state index in [4.69, 9.17) is 0 Å². The highest BCUT2D eigenvalue weighted by molar-refractivity contribution is 5.95. The third kappa shape index (κ3) is 3.96. The lowest BCUT2D eigenvalue weighted by atomic mass is 10.1. The minimum Gasteiger partial charge on any atom is -0.353 e. The van der Waals surface area contributed by atoms with Gasteiger partial charge in [-0.2, -0.15) is 0 Å². The number of carbonyl (C=O) groups excluding carboxylic acids is 2. The number of aryl methyl sites for hydroxylation is 1. The highest BCUT2D eigenvalue weighted by atomic mass is 16.2. The molecule has 1 fully saturated rings. The Morgan fingerprint density at radius 1 is 1.12 bits per heavy atom. The highest BCUT2D eigenvalue weighted by Crippen LogP contribution is 2.33. The predicted octanol–water partition coefficient (Wildman–Crippen LogP) is 3.15. The zero-order valence-corrected chi connectivity index (χ0v) is 15.5. The molecule has 2 N–H and O–H groups in total. The summed E-state index contributed by atoms with van der Waals surface area (Å²) in [5.41, 5.74) is 2.69. The number of anilines is 2. The third-order valence-corrected chi connectivity index (χ3v) is 4.97. The van der Waals surface area contributed by atoms with Crippen LogP contribution in [0.1, 0.15) is 38.4 Å². The molecule has 2 heterocycles. The van der Waals surface area contributed by atoms with E-state index in [-0.39, 0.29) is 23.9 Å². The van der Waals surface area contributed by atoms with Gasteiger partial charge in [0.2, 0.25) is 11.8 Å². The second-order valence-corrected chi connectivity index (χ2v) is 6.86. The molecular weight excluding hydrogens is 328 g/mol.